The zero-order valence-corrected chi connectivity index (χ0v) is 26.2. The van der Waals surface area contributed by atoms with Crippen LogP contribution in [-0.4, -0.2) is 95.0 Å². The first kappa shape index (κ1) is 30.5. The summed E-state index contributed by atoms with van der Waals surface area (Å²) in [5, 5.41) is 21.3. The van der Waals surface area contributed by atoms with E-state index in [0.717, 1.165) is 57.6 Å². The standard InChI is InChI=1S/C32H61N7/c1-7-25(6)30-22-39(32(34)37(30)17-10-14-26-12-8-9-13-26)29(24(4)5)21-36-16-11-15-27(36)20-38-28(18-23(2)3)19-35-31(38)33/h23-30,34H,7-22H2,1-6H3,(H2,33,35)/t25-,27+,28-,29+,30+/m1/s1. The Bertz CT molecular complexity index is 791. The molecule has 3 N–H and O–H groups in total. The molecule has 7 heteroatoms. The third-order valence-corrected chi connectivity index (χ3v) is 10.6. The number of hydrogen-bond acceptors (Lipinski definition) is 3. The van der Waals surface area contributed by atoms with Crippen molar-refractivity contribution in [1.29, 1.82) is 10.8 Å². The second kappa shape index (κ2) is 13.9. The first-order valence-corrected chi connectivity index (χ1v) is 16.6. The van der Waals surface area contributed by atoms with E-state index in [1.54, 1.807) is 0 Å². The fourth-order valence-corrected chi connectivity index (χ4v) is 7.96. The summed E-state index contributed by atoms with van der Waals surface area (Å²) in [6.45, 7) is 20.2. The predicted octanol–water partition coefficient (Wildman–Crippen LogP) is 5.67. The smallest absolute Gasteiger partial charge is 0.194 e. The van der Waals surface area contributed by atoms with E-state index in [0.29, 0.717) is 47.9 Å². The average molecular weight is 544 g/mol. The molecule has 0 aromatic carbocycles. The quantitative estimate of drug-likeness (QED) is 0.263. The summed E-state index contributed by atoms with van der Waals surface area (Å²) in [6.07, 6.45) is 13.1. The van der Waals surface area contributed by atoms with Gasteiger partial charge in [-0.2, -0.15) is 0 Å². The summed E-state index contributed by atoms with van der Waals surface area (Å²) in [5.74, 6) is 4.12. The van der Waals surface area contributed by atoms with Crippen LogP contribution in [0, 0.1) is 34.5 Å². The highest BCUT2D eigenvalue weighted by molar-refractivity contribution is 5.80. The lowest BCUT2D eigenvalue weighted by atomic mass is 9.96. The number of nitrogens with one attached hydrogen (secondary N) is 3. The van der Waals surface area contributed by atoms with Crippen molar-refractivity contribution in [2.45, 2.75) is 130 Å². The Morgan fingerprint density at radius 2 is 1.69 bits per heavy atom. The number of hydrogen-bond donors (Lipinski definition) is 3. The number of guanidine groups is 2. The molecule has 0 bridgehead atoms. The van der Waals surface area contributed by atoms with E-state index in [9.17, 15) is 5.41 Å². The molecule has 5 atom stereocenters. The van der Waals surface area contributed by atoms with E-state index in [-0.39, 0.29) is 0 Å². The van der Waals surface area contributed by atoms with Crippen LogP contribution >= 0.6 is 0 Å². The van der Waals surface area contributed by atoms with Gasteiger partial charge in [-0.15, -0.1) is 0 Å². The number of likely N-dealkylation sites (tertiary alicyclic amines) is 1. The van der Waals surface area contributed by atoms with Gasteiger partial charge in [-0.1, -0.05) is 73.6 Å². The zero-order valence-electron chi connectivity index (χ0n) is 26.2. The number of rotatable bonds is 14. The highest BCUT2D eigenvalue weighted by Crippen LogP contribution is 2.32. The van der Waals surface area contributed by atoms with Crippen molar-refractivity contribution in [3.05, 3.63) is 0 Å². The first-order chi connectivity index (χ1) is 18.7. The summed E-state index contributed by atoms with van der Waals surface area (Å²) >= 11 is 0. The Morgan fingerprint density at radius 1 is 0.949 bits per heavy atom. The van der Waals surface area contributed by atoms with Gasteiger partial charge in [0.05, 0.1) is 6.04 Å². The SMILES string of the molecule is CC[C@@H](C)[C@@H]1CN([C@@H](CN2CCC[C@H]2CN2C(=N)NC[C@H]2CC(C)C)C(C)C)C(=N)N1CCCC1CCCC1. The molecule has 0 aromatic rings. The Hall–Kier alpha value is -1.50. The van der Waals surface area contributed by atoms with E-state index in [1.165, 1.54) is 57.8 Å². The molecule has 1 saturated carbocycles. The number of nitrogens with zero attached hydrogens (tertiary/aromatic N) is 4. The molecule has 7 nitrogen and oxygen atoms in total. The average Bonchev–Trinajstić information content (AvgIpc) is 3.69. The van der Waals surface area contributed by atoms with E-state index in [4.69, 9.17) is 5.41 Å². The third-order valence-electron chi connectivity index (χ3n) is 10.6. The van der Waals surface area contributed by atoms with E-state index in [1.807, 2.05) is 0 Å². The maximum atomic E-state index is 9.39. The highest BCUT2D eigenvalue weighted by Gasteiger charge is 2.42. The molecule has 0 radical (unpaired) electrons. The van der Waals surface area contributed by atoms with Crippen molar-refractivity contribution in [3.8, 4) is 0 Å². The van der Waals surface area contributed by atoms with Gasteiger partial charge in [0.1, 0.15) is 0 Å². The molecule has 0 aromatic heterocycles. The van der Waals surface area contributed by atoms with Crippen molar-refractivity contribution in [3.63, 3.8) is 0 Å². The van der Waals surface area contributed by atoms with Crippen LogP contribution in [0.5, 0.6) is 0 Å². The second-order valence-corrected chi connectivity index (χ2v) is 14.2. The molecule has 0 unspecified atom stereocenters. The Balaban J connectivity index is 1.41. The maximum Gasteiger partial charge on any atom is 0.194 e. The summed E-state index contributed by atoms with van der Waals surface area (Å²) in [7, 11) is 0. The maximum absolute atomic E-state index is 9.39. The van der Waals surface area contributed by atoms with Gasteiger partial charge >= 0.3 is 0 Å². The Morgan fingerprint density at radius 3 is 2.36 bits per heavy atom. The third kappa shape index (κ3) is 7.42. The molecule has 4 rings (SSSR count). The molecule has 0 spiro atoms. The van der Waals surface area contributed by atoms with Crippen LogP contribution in [-0.2, 0) is 0 Å². The van der Waals surface area contributed by atoms with E-state index in [2.05, 4.69) is 66.5 Å². The molecule has 3 heterocycles. The van der Waals surface area contributed by atoms with Crippen molar-refractivity contribution < 1.29 is 0 Å². The fraction of sp³-hybridized carbons (Fsp3) is 0.938. The molecule has 1 aliphatic carbocycles. The summed E-state index contributed by atoms with van der Waals surface area (Å²) in [6, 6.07) is 1.79. The lowest BCUT2D eigenvalue weighted by Gasteiger charge is -2.39. The largest absolute Gasteiger partial charge is 0.354 e. The Kier molecular flexibility index (Phi) is 10.9. The highest BCUT2D eigenvalue weighted by atomic mass is 15.5. The molecule has 0 amide bonds. The van der Waals surface area contributed by atoms with Gasteiger partial charge in [0.15, 0.2) is 11.9 Å². The second-order valence-electron chi connectivity index (χ2n) is 14.2. The predicted molar refractivity (Wildman–Crippen MR) is 164 cm³/mol. The van der Waals surface area contributed by atoms with Gasteiger partial charge < -0.3 is 20.0 Å². The van der Waals surface area contributed by atoms with Crippen LogP contribution in [0.4, 0.5) is 0 Å². The molecule has 39 heavy (non-hydrogen) atoms. The lowest BCUT2D eigenvalue weighted by Crippen LogP contribution is -2.52. The van der Waals surface area contributed by atoms with Crippen molar-refractivity contribution >= 4 is 11.9 Å². The lowest BCUT2D eigenvalue weighted by molar-refractivity contribution is 0.133. The molecule has 224 valence electrons. The van der Waals surface area contributed by atoms with Gasteiger partial charge in [-0.25, -0.2) is 0 Å². The minimum absolute atomic E-state index is 0.368. The van der Waals surface area contributed by atoms with Gasteiger partial charge in [0, 0.05) is 50.8 Å². The van der Waals surface area contributed by atoms with Gasteiger partial charge in [-0.05, 0) is 62.3 Å². The zero-order chi connectivity index (χ0) is 28.1. The van der Waals surface area contributed by atoms with E-state index < -0.39 is 0 Å². The monoisotopic (exact) mass is 543 g/mol. The van der Waals surface area contributed by atoms with Gasteiger partial charge in [0.25, 0.3) is 0 Å². The van der Waals surface area contributed by atoms with Crippen molar-refractivity contribution in [2.75, 3.05) is 39.3 Å². The molecular formula is C32H61N7. The van der Waals surface area contributed by atoms with Crippen molar-refractivity contribution in [1.82, 2.24) is 24.9 Å². The van der Waals surface area contributed by atoms with Crippen LogP contribution in [0.25, 0.3) is 0 Å². The van der Waals surface area contributed by atoms with Crippen LogP contribution < -0.4 is 5.32 Å². The fourth-order valence-electron chi connectivity index (χ4n) is 7.96. The first-order valence-electron chi connectivity index (χ1n) is 16.6. The topological polar surface area (TPSA) is 72.7 Å². The summed E-state index contributed by atoms with van der Waals surface area (Å²) in [5.41, 5.74) is 0. The van der Waals surface area contributed by atoms with E-state index >= 15 is 0 Å². The molecule has 3 saturated heterocycles. The summed E-state index contributed by atoms with van der Waals surface area (Å²) in [4.78, 5) is 10.1. The van der Waals surface area contributed by atoms with Crippen LogP contribution in [0.1, 0.15) is 106 Å². The molecule has 3 aliphatic heterocycles. The molecular weight excluding hydrogens is 482 g/mol. The van der Waals surface area contributed by atoms with Crippen LogP contribution in [0.2, 0.25) is 0 Å². The minimum Gasteiger partial charge on any atom is -0.354 e. The van der Waals surface area contributed by atoms with Crippen LogP contribution in [0.3, 0.4) is 0 Å². The Labute approximate surface area is 240 Å². The summed E-state index contributed by atoms with van der Waals surface area (Å²) < 4.78 is 0. The normalized spacial score (nSPS) is 28.5. The van der Waals surface area contributed by atoms with Gasteiger partial charge in [0.2, 0.25) is 0 Å². The van der Waals surface area contributed by atoms with Gasteiger partial charge in [-0.3, -0.25) is 15.7 Å². The molecule has 4 fully saturated rings. The molecule has 4 aliphatic rings. The van der Waals surface area contributed by atoms with Crippen molar-refractivity contribution in [2.24, 2.45) is 23.7 Å². The minimum atomic E-state index is 0.368. The van der Waals surface area contributed by atoms with Crippen LogP contribution in [0.15, 0.2) is 0 Å².